The van der Waals surface area contributed by atoms with Crippen molar-refractivity contribution in [3.8, 4) is 11.5 Å². The normalized spacial score (nSPS) is 15.6. The monoisotopic (exact) mass is 447 g/mol. The fourth-order valence-electron chi connectivity index (χ4n) is 2.66. The van der Waals surface area contributed by atoms with E-state index >= 15 is 0 Å². The van der Waals surface area contributed by atoms with Crippen molar-refractivity contribution in [1.29, 1.82) is 0 Å². The quantitative estimate of drug-likeness (QED) is 0.642. The van der Waals surface area contributed by atoms with Crippen molar-refractivity contribution in [2.24, 2.45) is 0 Å². The minimum atomic E-state index is -0.307. The van der Waals surface area contributed by atoms with Crippen molar-refractivity contribution in [1.82, 2.24) is 4.90 Å². The summed E-state index contributed by atoms with van der Waals surface area (Å²) in [6.07, 6.45) is 2.25. The van der Waals surface area contributed by atoms with Gasteiger partial charge in [-0.25, -0.2) is 0 Å². The van der Waals surface area contributed by atoms with Crippen molar-refractivity contribution in [2.45, 2.75) is 13.3 Å². The lowest BCUT2D eigenvalue weighted by molar-refractivity contribution is -0.122. The number of rotatable bonds is 6. The molecule has 0 bridgehead atoms. The van der Waals surface area contributed by atoms with Crippen LogP contribution in [-0.2, 0) is 11.2 Å². The molecule has 2 aromatic carbocycles. The number of phenols is 1. The lowest BCUT2D eigenvalue weighted by Gasteiger charge is -2.12. The molecule has 0 aromatic heterocycles. The third-order valence-corrected chi connectivity index (χ3v) is 5.60. The maximum Gasteiger partial charge on any atom is 0.293 e. The zero-order valence-electron chi connectivity index (χ0n) is 14.6. The van der Waals surface area contributed by atoms with Crippen LogP contribution in [0.15, 0.2) is 51.8 Å². The maximum absolute atomic E-state index is 12.7. The molecular formula is C20H18BrNO4S. The van der Waals surface area contributed by atoms with Gasteiger partial charge in [0.05, 0.1) is 11.5 Å². The summed E-state index contributed by atoms with van der Waals surface area (Å²) in [7, 11) is 0. The van der Waals surface area contributed by atoms with Crippen LogP contribution in [0.4, 0.5) is 4.79 Å². The van der Waals surface area contributed by atoms with Gasteiger partial charge >= 0.3 is 0 Å². The van der Waals surface area contributed by atoms with Crippen LogP contribution in [-0.4, -0.2) is 34.3 Å². The summed E-state index contributed by atoms with van der Waals surface area (Å²) in [6.45, 7) is 2.57. The zero-order valence-corrected chi connectivity index (χ0v) is 17.0. The predicted molar refractivity (Wildman–Crippen MR) is 110 cm³/mol. The Bertz CT molecular complexity index is 898. The zero-order chi connectivity index (χ0) is 19.4. The van der Waals surface area contributed by atoms with Gasteiger partial charge in [-0.3, -0.25) is 14.5 Å². The number of carbonyl (C=O) groups is 2. The first kappa shape index (κ1) is 19.5. The highest BCUT2D eigenvalue weighted by atomic mass is 79.9. The van der Waals surface area contributed by atoms with Gasteiger partial charge in [-0.1, -0.05) is 46.3 Å². The fraction of sp³-hybridized carbons (Fsp3) is 0.200. The molecule has 3 rings (SSSR count). The third-order valence-electron chi connectivity index (χ3n) is 4.01. The van der Waals surface area contributed by atoms with Gasteiger partial charge in [0.15, 0.2) is 11.5 Å². The van der Waals surface area contributed by atoms with E-state index in [0.717, 1.165) is 17.3 Å². The summed E-state index contributed by atoms with van der Waals surface area (Å²) >= 11 is 4.29. The number of thioether (sulfide) groups is 1. The number of hydrogen-bond donors (Lipinski definition) is 1. The number of halogens is 1. The van der Waals surface area contributed by atoms with Gasteiger partial charge in [0.25, 0.3) is 11.1 Å². The average Bonchev–Trinajstić information content (AvgIpc) is 2.91. The number of carbonyl (C=O) groups excluding carboxylic acids is 2. The van der Waals surface area contributed by atoms with E-state index in [1.165, 1.54) is 11.0 Å². The lowest BCUT2D eigenvalue weighted by atomic mass is 10.1. The molecule has 2 amide bonds. The van der Waals surface area contributed by atoms with Crippen molar-refractivity contribution >= 4 is 44.9 Å². The highest BCUT2D eigenvalue weighted by Gasteiger charge is 2.34. The van der Waals surface area contributed by atoms with E-state index in [-0.39, 0.29) is 16.9 Å². The van der Waals surface area contributed by atoms with Crippen molar-refractivity contribution in [2.75, 3.05) is 13.2 Å². The Morgan fingerprint density at radius 3 is 2.67 bits per heavy atom. The average molecular weight is 448 g/mol. The Labute approximate surface area is 170 Å². The lowest BCUT2D eigenvalue weighted by Crippen LogP contribution is -2.30. The molecule has 0 unspecified atom stereocenters. The summed E-state index contributed by atoms with van der Waals surface area (Å²) < 4.78 is 5.99. The van der Waals surface area contributed by atoms with E-state index in [4.69, 9.17) is 4.74 Å². The number of aromatic hydroxyl groups is 1. The summed E-state index contributed by atoms with van der Waals surface area (Å²) in [6, 6.07) is 12.9. The Morgan fingerprint density at radius 1 is 1.22 bits per heavy atom. The van der Waals surface area contributed by atoms with Gasteiger partial charge in [-0.15, -0.1) is 0 Å². The van der Waals surface area contributed by atoms with Crippen LogP contribution in [0, 0.1) is 0 Å². The highest BCUT2D eigenvalue weighted by molar-refractivity contribution is 9.10. The van der Waals surface area contributed by atoms with E-state index in [9.17, 15) is 14.7 Å². The standard InChI is InChI=1S/C20H18BrNO4S/c1-2-26-17-10-14(15(21)12-16(17)23)11-18-19(24)22(20(25)27-18)9-8-13-6-4-3-5-7-13/h3-7,10-12,23H,2,8-9H2,1H3/b18-11-. The summed E-state index contributed by atoms with van der Waals surface area (Å²) in [4.78, 5) is 26.5. The van der Waals surface area contributed by atoms with Crippen LogP contribution in [0.25, 0.3) is 6.08 Å². The number of phenolic OH excluding ortho intramolecular Hbond substituents is 1. The Kier molecular flexibility index (Phi) is 6.23. The molecule has 1 aliphatic rings. The largest absolute Gasteiger partial charge is 0.504 e. The number of hydrogen-bond acceptors (Lipinski definition) is 5. The molecule has 0 aliphatic carbocycles. The summed E-state index contributed by atoms with van der Waals surface area (Å²) in [5.74, 6) is 0.0333. The van der Waals surface area contributed by atoms with Crippen LogP contribution in [0.2, 0.25) is 0 Å². The van der Waals surface area contributed by atoms with Gasteiger partial charge in [-0.05, 0) is 54.4 Å². The first-order valence-corrected chi connectivity index (χ1v) is 10.0. The Balaban J connectivity index is 1.79. The van der Waals surface area contributed by atoms with E-state index < -0.39 is 0 Å². The van der Waals surface area contributed by atoms with Gasteiger partial charge in [0, 0.05) is 11.0 Å². The first-order valence-electron chi connectivity index (χ1n) is 8.44. The third kappa shape index (κ3) is 4.54. The molecule has 27 heavy (non-hydrogen) atoms. The number of imide groups is 1. The minimum absolute atomic E-state index is 0.0110. The van der Waals surface area contributed by atoms with Crippen LogP contribution >= 0.6 is 27.7 Å². The molecule has 1 heterocycles. The molecule has 0 atom stereocenters. The molecule has 1 aliphatic heterocycles. The van der Waals surface area contributed by atoms with Gasteiger partial charge in [-0.2, -0.15) is 0 Å². The second-order valence-corrected chi connectivity index (χ2v) is 7.69. The smallest absolute Gasteiger partial charge is 0.293 e. The van der Waals surface area contributed by atoms with E-state index in [1.807, 2.05) is 37.3 Å². The second kappa shape index (κ2) is 8.63. The number of nitrogens with zero attached hydrogens (tertiary/aromatic N) is 1. The number of benzene rings is 2. The minimum Gasteiger partial charge on any atom is -0.504 e. The van der Waals surface area contributed by atoms with Crippen LogP contribution in [0.5, 0.6) is 11.5 Å². The topological polar surface area (TPSA) is 66.8 Å². The maximum atomic E-state index is 12.7. The fourth-order valence-corrected chi connectivity index (χ4v) is 3.96. The number of ether oxygens (including phenoxy) is 1. The molecule has 1 fully saturated rings. The molecular weight excluding hydrogens is 430 g/mol. The SMILES string of the molecule is CCOc1cc(/C=C2\SC(=O)N(CCc3ccccc3)C2=O)c(Br)cc1O. The first-order chi connectivity index (χ1) is 13.0. The summed E-state index contributed by atoms with van der Waals surface area (Å²) in [5, 5.41) is 9.64. The Morgan fingerprint density at radius 2 is 1.96 bits per heavy atom. The van der Waals surface area contributed by atoms with Crippen molar-refractivity contribution < 1.29 is 19.4 Å². The molecule has 0 radical (unpaired) electrons. The highest BCUT2D eigenvalue weighted by Crippen LogP contribution is 2.37. The molecule has 5 nitrogen and oxygen atoms in total. The molecule has 1 N–H and O–H groups in total. The summed E-state index contributed by atoms with van der Waals surface area (Å²) in [5.41, 5.74) is 1.73. The Hall–Kier alpha value is -2.25. The van der Waals surface area contributed by atoms with Gasteiger partial charge in [0.1, 0.15) is 0 Å². The molecule has 140 valence electrons. The van der Waals surface area contributed by atoms with E-state index in [0.29, 0.717) is 40.3 Å². The van der Waals surface area contributed by atoms with E-state index in [2.05, 4.69) is 15.9 Å². The van der Waals surface area contributed by atoms with E-state index in [1.54, 1.807) is 12.1 Å². The molecule has 0 spiro atoms. The van der Waals surface area contributed by atoms with Crippen molar-refractivity contribution in [3.05, 3.63) is 63.0 Å². The molecule has 7 heteroatoms. The number of amides is 2. The molecule has 0 saturated carbocycles. The van der Waals surface area contributed by atoms with Gasteiger partial charge < -0.3 is 9.84 Å². The van der Waals surface area contributed by atoms with Crippen LogP contribution in [0.3, 0.4) is 0 Å². The second-order valence-electron chi connectivity index (χ2n) is 5.84. The van der Waals surface area contributed by atoms with Gasteiger partial charge in [0.2, 0.25) is 0 Å². The molecule has 1 saturated heterocycles. The van der Waals surface area contributed by atoms with Crippen molar-refractivity contribution in [3.63, 3.8) is 0 Å². The molecule has 2 aromatic rings. The predicted octanol–water partition coefficient (Wildman–Crippen LogP) is 4.83. The van der Waals surface area contributed by atoms with Crippen LogP contribution in [0.1, 0.15) is 18.1 Å². The van der Waals surface area contributed by atoms with Crippen LogP contribution < -0.4 is 4.74 Å².